The molecule has 0 aliphatic rings. The van der Waals surface area contributed by atoms with Crippen LogP contribution in [0.2, 0.25) is 0 Å². The lowest BCUT2D eigenvalue weighted by Crippen LogP contribution is -2.47. The summed E-state index contributed by atoms with van der Waals surface area (Å²) in [6, 6.07) is 4.18. The van der Waals surface area contributed by atoms with Gasteiger partial charge in [-0.25, -0.2) is 9.78 Å². The molecule has 1 aromatic rings. The number of hydrogen-bond acceptors (Lipinski definition) is 4. The summed E-state index contributed by atoms with van der Waals surface area (Å²) in [7, 11) is 3.43. The molecule has 0 fully saturated rings. The molecule has 0 aliphatic heterocycles. The van der Waals surface area contributed by atoms with Crippen LogP contribution in [0.5, 0.6) is 0 Å². The summed E-state index contributed by atoms with van der Waals surface area (Å²) in [6.45, 7) is 11.7. The molecule has 24 heavy (non-hydrogen) atoms. The molecule has 0 unspecified atom stereocenters. The molecule has 134 valence electrons. The quantitative estimate of drug-likeness (QED) is 0.720. The Bertz CT molecular complexity index is 562. The lowest BCUT2D eigenvalue weighted by molar-refractivity contribution is 0.111. The molecule has 0 saturated heterocycles. The number of amides is 2. The highest BCUT2D eigenvalue weighted by atomic mass is 16.2. The van der Waals surface area contributed by atoms with Crippen LogP contribution in [0.15, 0.2) is 12.1 Å². The molecule has 0 N–H and O–H groups in total. The first-order chi connectivity index (χ1) is 11.2. The largest absolute Gasteiger partial charge is 0.330 e. The van der Waals surface area contributed by atoms with Crippen LogP contribution in [0.4, 0.5) is 10.6 Å². The van der Waals surface area contributed by atoms with Gasteiger partial charge in [-0.3, -0.25) is 14.6 Å². The van der Waals surface area contributed by atoms with Crippen LogP contribution in [0.1, 0.15) is 43.7 Å². The summed E-state index contributed by atoms with van der Waals surface area (Å²) >= 11 is 0. The minimum absolute atomic E-state index is 0.141. The number of hydrogen-bond donors (Lipinski definition) is 0. The van der Waals surface area contributed by atoms with E-state index in [0.717, 1.165) is 12.1 Å². The molecule has 0 bridgehead atoms. The smallest absolute Gasteiger partial charge is 0.325 e. The average molecular weight is 334 g/mol. The van der Waals surface area contributed by atoms with Crippen LogP contribution in [0.25, 0.3) is 0 Å². The fourth-order valence-electron chi connectivity index (χ4n) is 2.75. The van der Waals surface area contributed by atoms with Gasteiger partial charge in [0.1, 0.15) is 11.5 Å². The highest BCUT2D eigenvalue weighted by molar-refractivity contribution is 5.91. The molecule has 2 amide bonds. The molecule has 0 aliphatic carbocycles. The molecule has 0 saturated carbocycles. The van der Waals surface area contributed by atoms with Crippen molar-refractivity contribution in [3.63, 3.8) is 0 Å². The molecule has 0 atom stereocenters. The topological polar surface area (TPSA) is 56.8 Å². The maximum atomic E-state index is 12.6. The normalized spacial score (nSPS) is 11.2. The highest BCUT2D eigenvalue weighted by Crippen LogP contribution is 2.16. The van der Waals surface area contributed by atoms with E-state index in [4.69, 9.17) is 0 Å². The second-order valence-corrected chi connectivity index (χ2v) is 6.80. The molecule has 6 nitrogen and oxygen atoms in total. The van der Waals surface area contributed by atoms with Crippen molar-refractivity contribution in [1.82, 2.24) is 14.8 Å². The second-order valence-electron chi connectivity index (χ2n) is 6.80. The third-order valence-corrected chi connectivity index (χ3v) is 3.90. The van der Waals surface area contributed by atoms with Gasteiger partial charge in [0.25, 0.3) is 0 Å². The van der Waals surface area contributed by atoms with Crippen molar-refractivity contribution >= 4 is 18.1 Å². The Morgan fingerprint density at radius 2 is 1.71 bits per heavy atom. The number of anilines is 1. The molecule has 6 heteroatoms. The predicted octanol–water partition coefficient (Wildman–Crippen LogP) is 2.81. The van der Waals surface area contributed by atoms with E-state index in [1.54, 1.807) is 25.1 Å². The third-order valence-electron chi connectivity index (χ3n) is 3.90. The van der Waals surface area contributed by atoms with Crippen LogP contribution < -0.4 is 4.90 Å². The van der Waals surface area contributed by atoms with Crippen molar-refractivity contribution in [2.24, 2.45) is 0 Å². The van der Waals surface area contributed by atoms with Gasteiger partial charge in [-0.05, 0) is 52.3 Å². The molecule has 0 aromatic carbocycles. The number of nitrogens with zero attached hydrogens (tertiary/aromatic N) is 4. The first-order valence-electron chi connectivity index (χ1n) is 8.35. The van der Waals surface area contributed by atoms with Crippen molar-refractivity contribution in [1.29, 1.82) is 0 Å². The third kappa shape index (κ3) is 5.30. The molecule has 1 rings (SSSR count). The summed E-state index contributed by atoms with van der Waals surface area (Å²) in [5, 5.41) is 0. The van der Waals surface area contributed by atoms with Gasteiger partial charge in [-0.1, -0.05) is 0 Å². The lowest BCUT2D eigenvalue weighted by Gasteiger charge is -2.33. The first-order valence-corrected chi connectivity index (χ1v) is 8.35. The Balaban J connectivity index is 3.11. The number of aryl methyl sites for hydroxylation is 1. The maximum Gasteiger partial charge on any atom is 0.325 e. The lowest BCUT2D eigenvalue weighted by atomic mass is 10.2. The molecule has 0 radical (unpaired) electrons. The van der Waals surface area contributed by atoms with Crippen molar-refractivity contribution in [3.8, 4) is 0 Å². The SMILES string of the molecule is Cc1cc(C=O)nc(N(CCN(C(C)C)C(C)C)C(=O)N(C)C)c1. The van der Waals surface area contributed by atoms with Gasteiger partial charge in [-0.15, -0.1) is 0 Å². The second kappa shape index (κ2) is 8.78. The van der Waals surface area contributed by atoms with E-state index < -0.39 is 0 Å². The number of aldehydes is 1. The van der Waals surface area contributed by atoms with E-state index in [1.807, 2.05) is 13.0 Å². The van der Waals surface area contributed by atoms with E-state index in [9.17, 15) is 9.59 Å². The van der Waals surface area contributed by atoms with Gasteiger partial charge >= 0.3 is 6.03 Å². The molecular formula is C18H30N4O2. The van der Waals surface area contributed by atoms with E-state index >= 15 is 0 Å². The van der Waals surface area contributed by atoms with Crippen LogP contribution >= 0.6 is 0 Å². The maximum absolute atomic E-state index is 12.6. The number of carbonyl (C=O) groups excluding carboxylic acids is 2. The Hall–Kier alpha value is -1.95. The number of pyridine rings is 1. The van der Waals surface area contributed by atoms with Gasteiger partial charge in [0.15, 0.2) is 6.29 Å². The van der Waals surface area contributed by atoms with Crippen LogP contribution in [0.3, 0.4) is 0 Å². The number of urea groups is 1. The van der Waals surface area contributed by atoms with Gasteiger partial charge in [0.2, 0.25) is 0 Å². The van der Waals surface area contributed by atoms with Crippen molar-refractivity contribution < 1.29 is 9.59 Å². The van der Waals surface area contributed by atoms with Crippen molar-refractivity contribution in [2.75, 3.05) is 32.1 Å². The number of aromatic nitrogens is 1. The Morgan fingerprint density at radius 3 is 2.17 bits per heavy atom. The average Bonchev–Trinajstić information content (AvgIpc) is 2.49. The molecule has 1 heterocycles. The Labute approximate surface area is 145 Å². The molecular weight excluding hydrogens is 304 g/mol. The van der Waals surface area contributed by atoms with Crippen LogP contribution in [-0.4, -0.2) is 66.4 Å². The Morgan fingerprint density at radius 1 is 1.12 bits per heavy atom. The van der Waals surface area contributed by atoms with E-state index in [0.29, 0.717) is 36.4 Å². The fourth-order valence-corrected chi connectivity index (χ4v) is 2.75. The van der Waals surface area contributed by atoms with Gasteiger partial charge < -0.3 is 4.90 Å². The standard InChI is InChI=1S/C18H30N4O2/c1-13(2)21(14(3)4)8-9-22(18(24)20(6)7)17-11-15(5)10-16(12-23)19-17/h10-14H,8-9H2,1-7H3. The van der Waals surface area contributed by atoms with Gasteiger partial charge in [-0.2, -0.15) is 0 Å². The van der Waals surface area contributed by atoms with Gasteiger partial charge in [0.05, 0.1) is 0 Å². The van der Waals surface area contributed by atoms with Crippen molar-refractivity contribution in [2.45, 2.75) is 46.7 Å². The van der Waals surface area contributed by atoms with E-state index in [-0.39, 0.29) is 6.03 Å². The fraction of sp³-hybridized carbons (Fsp3) is 0.611. The van der Waals surface area contributed by atoms with E-state index in [1.165, 1.54) is 4.90 Å². The molecule has 0 spiro atoms. The van der Waals surface area contributed by atoms with E-state index in [2.05, 4.69) is 37.6 Å². The zero-order chi connectivity index (χ0) is 18.4. The summed E-state index contributed by atoms with van der Waals surface area (Å²) in [4.78, 5) is 33.5. The Kier molecular flexibility index (Phi) is 7.35. The predicted molar refractivity (Wildman–Crippen MR) is 97.8 cm³/mol. The summed E-state index contributed by atoms with van der Waals surface area (Å²) in [5.74, 6) is 0.517. The van der Waals surface area contributed by atoms with Crippen molar-refractivity contribution in [3.05, 3.63) is 23.4 Å². The minimum atomic E-state index is -0.141. The van der Waals surface area contributed by atoms with Crippen LogP contribution in [-0.2, 0) is 0 Å². The zero-order valence-electron chi connectivity index (χ0n) is 15.9. The minimum Gasteiger partial charge on any atom is -0.330 e. The van der Waals surface area contributed by atoms with Crippen LogP contribution in [0, 0.1) is 6.92 Å². The summed E-state index contributed by atoms with van der Waals surface area (Å²) in [5.41, 5.74) is 1.24. The zero-order valence-corrected chi connectivity index (χ0v) is 15.9. The highest BCUT2D eigenvalue weighted by Gasteiger charge is 2.22. The summed E-state index contributed by atoms with van der Waals surface area (Å²) in [6.07, 6.45) is 0.712. The first kappa shape index (κ1) is 20.1. The van der Waals surface area contributed by atoms with Gasteiger partial charge in [0, 0.05) is 39.3 Å². The molecule has 1 aromatic heterocycles. The monoisotopic (exact) mass is 334 g/mol. The summed E-state index contributed by atoms with van der Waals surface area (Å²) < 4.78 is 0. The number of carbonyl (C=O) groups is 2. The number of rotatable bonds is 7.